The number of anilines is 1. The number of halogens is 1. The fourth-order valence-corrected chi connectivity index (χ4v) is 8.21. The number of alkyl halides is 1. The van der Waals surface area contributed by atoms with Crippen LogP contribution in [0.3, 0.4) is 0 Å². The molecule has 9 rings (SSSR count). The van der Waals surface area contributed by atoms with Gasteiger partial charge in [0.2, 0.25) is 11.8 Å². The first-order chi connectivity index (χ1) is 19.1. The van der Waals surface area contributed by atoms with E-state index in [1.165, 1.54) is 4.90 Å². The molecule has 1 saturated heterocycles. The van der Waals surface area contributed by atoms with E-state index in [2.05, 4.69) is 52.3 Å². The Bertz CT molecular complexity index is 1780. The van der Waals surface area contributed by atoms with E-state index in [0.29, 0.717) is 11.4 Å². The molecule has 3 aliphatic carbocycles. The molecule has 0 spiro atoms. The molecule has 2 bridgehead atoms. The van der Waals surface area contributed by atoms with E-state index in [4.69, 9.17) is 4.74 Å². The van der Waals surface area contributed by atoms with Crippen LogP contribution in [0.15, 0.2) is 115 Å². The van der Waals surface area contributed by atoms with Crippen molar-refractivity contribution in [1.82, 2.24) is 0 Å². The summed E-state index contributed by atoms with van der Waals surface area (Å²) in [6.07, 6.45) is 0. The zero-order chi connectivity index (χ0) is 26.3. The largest absolute Gasteiger partial charge is 0.457 e. The van der Waals surface area contributed by atoms with Gasteiger partial charge in [0.05, 0.1) is 21.8 Å². The highest BCUT2D eigenvalue weighted by Gasteiger charge is 2.67. The lowest BCUT2D eigenvalue weighted by molar-refractivity contribution is -0.122. The second kappa shape index (κ2) is 8.14. The first-order valence-electron chi connectivity index (χ1n) is 13.1. The zero-order valence-electron chi connectivity index (χ0n) is 20.8. The molecule has 5 aromatic rings. The van der Waals surface area contributed by atoms with Crippen molar-refractivity contribution in [1.29, 1.82) is 0 Å². The van der Waals surface area contributed by atoms with Crippen molar-refractivity contribution in [2.75, 3.05) is 4.90 Å². The van der Waals surface area contributed by atoms with Gasteiger partial charge in [0.1, 0.15) is 11.5 Å². The Morgan fingerprint density at radius 3 is 2.00 bits per heavy atom. The van der Waals surface area contributed by atoms with Crippen molar-refractivity contribution < 1.29 is 14.3 Å². The topological polar surface area (TPSA) is 46.6 Å². The fraction of sp³-hybridized carbons (Fsp3) is 0.118. The summed E-state index contributed by atoms with van der Waals surface area (Å²) >= 11 is 4.05. The standard InChI is InChI=1S/C34H22BrNO3/c35-34-26-13-5-3-11-24(26)29(25-12-4-6-14-27(25)34)30-31(34)33(38)36(32(30)37)21-16-18-22(19-17-21)39-28-15-7-9-20-8-1-2-10-23(20)28/h1-19,29-31H/t29?,30-,31+,34?/m1/s1. The molecular weight excluding hydrogens is 550 g/mol. The Morgan fingerprint density at radius 2 is 1.28 bits per heavy atom. The van der Waals surface area contributed by atoms with Crippen LogP contribution in [0.2, 0.25) is 0 Å². The molecule has 0 aromatic heterocycles. The minimum Gasteiger partial charge on any atom is -0.457 e. The first kappa shape index (κ1) is 22.7. The summed E-state index contributed by atoms with van der Waals surface area (Å²) in [4.78, 5) is 29.6. The number of rotatable bonds is 3. The summed E-state index contributed by atoms with van der Waals surface area (Å²) in [5.74, 6) is -0.0573. The number of benzene rings is 5. The quantitative estimate of drug-likeness (QED) is 0.166. The SMILES string of the molecule is O=C1[C@@H]2C3c4ccccc4C(Br)(c4ccccc43)[C@@H]2C(=O)N1c1ccc(Oc2cccc3ccccc23)cc1. The normalized spacial score (nSPS) is 24.4. The lowest BCUT2D eigenvalue weighted by Gasteiger charge is -2.51. The van der Waals surface area contributed by atoms with Crippen LogP contribution in [-0.4, -0.2) is 11.8 Å². The lowest BCUT2D eigenvalue weighted by Crippen LogP contribution is -2.50. The molecule has 0 unspecified atom stereocenters. The van der Waals surface area contributed by atoms with Gasteiger partial charge in [0, 0.05) is 11.3 Å². The third-order valence-electron chi connectivity index (χ3n) is 8.59. The van der Waals surface area contributed by atoms with Gasteiger partial charge in [0.25, 0.3) is 0 Å². The highest BCUT2D eigenvalue weighted by molar-refractivity contribution is 9.09. The first-order valence-corrected chi connectivity index (χ1v) is 13.9. The van der Waals surface area contributed by atoms with Gasteiger partial charge in [-0.2, -0.15) is 0 Å². The second-order valence-corrected chi connectivity index (χ2v) is 11.7. The molecule has 2 atom stereocenters. The number of imide groups is 1. The Morgan fingerprint density at radius 1 is 0.667 bits per heavy atom. The molecular formula is C34H22BrNO3. The molecule has 0 N–H and O–H groups in total. The van der Waals surface area contributed by atoms with Crippen molar-refractivity contribution in [2.45, 2.75) is 10.2 Å². The van der Waals surface area contributed by atoms with Crippen LogP contribution >= 0.6 is 15.9 Å². The predicted octanol–water partition coefficient (Wildman–Crippen LogP) is 7.54. The highest BCUT2D eigenvalue weighted by atomic mass is 79.9. The Kier molecular flexibility index (Phi) is 4.74. The van der Waals surface area contributed by atoms with Crippen LogP contribution in [0.4, 0.5) is 5.69 Å². The second-order valence-electron chi connectivity index (χ2n) is 10.5. The number of amides is 2. The van der Waals surface area contributed by atoms with Gasteiger partial charge in [0.15, 0.2) is 0 Å². The van der Waals surface area contributed by atoms with E-state index in [1.807, 2.05) is 66.7 Å². The predicted molar refractivity (Wildman–Crippen MR) is 154 cm³/mol. The summed E-state index contributed by atoms with van der Waals surface area (Å²) in [5.41, 5.74) is 4.97. The number of carbonyl (C=O) groups is 2. The van der Waals surface area contributed by atoms with Gasteiger partial charge in [-0.15, -0.1) is 0 Å². The lowest BCUT2D eigenvalue weighted by atomic mass is 9.55. The highest BCUT2D eigenvalue weighted by Crippen LogP contribution is 2.66. The maximum Gasteiger partial charge on any atom is 0.239 e. The molecule has 4 nitrogen and oxygen atoms in total. The van der Waals surface area contributed by atoms with Crippen molar-refractivity contribution in [3.05, 3.63) is 138 Å². The van der Waals surface area contributed by atoms with Gasteiger partial charge < -0.3 is 4.74 Å². The number of ether oxygens (including phenoxy) is 1. The van der Waals surface area contributed by atoms with Crippen LogP contribution in [-0.2, 0) is 13.9 Å². The van der Waals surface area contributed by atoms with Gasteiger partial charge >= 0.3 is 0 Å². The number of hydrogen-bond donors (Lipinski definition) is 0. The van der Waals surface area contributed by atoms with Crippen LogP contribution in [0.5, 0.6) is 11.5 Å². The summed E-state index contributed by atoms with van der Waals surface area (Å²) in [6.45, 7) is 0. The van der Waals surface area contributed by atoms with Crippen molar-refractivity contribution >= 4 is 44.2 Å². The minimum atomic E-state index is -0.751. The van der Waals surface area contributed by atoms with E-state index >= 15 is 0 Å². The van der Waals surface area contributed by atoms with Crippen LogP contribution in [0, 0.1) is 11.8 Å². The number of nitrogens with zero attached hydrogens (tertiary/aromatic N) is 1. The van der Waals surface area contributed by atoms with Crippen LogP contribution in [0.1, 0.15) is 28.2 Å². The molecule has 5 aromatic carbocycles. The van der Waals surface area contributed by atoms with E-state index < -0.39 is 16.2 Å². The van der Waals surface area contributed by atoms with Gasteiger partial charge in [-0.1, -0.05) is 101 Å². The molecule has 188 valence electrons. The molecule has 5 heteroatoms. The molecule has 1 aliphatic heterocycles. The van der Waals surface area contributed by atoms with Crippen molar-refractivity contribution in [2.24, 2.45) is 11.8 Å². The van der Waals surface area contributed by atoms with Crippen molar-refractivity contribution in [3.63, 3.8) is 0 Å². The van der Waals surface area contributed by atoms with Gasteiger partial charge in [-0.05, 0) is 58.0 Å². The maximum atomic E-state index is 14.1. The van der Waals surface area contributed by atoms with Gasteiger partial charge in [-0.3, -0.25) is 9.59 Å². The van der Waals surface area contributed by atoms with E-state index in [0.717, 1.165) is 38.8 Å². The Labute approximate surface area is 234 Å². The van der Waals surface area contributed by atoms with E-state index in [-0.39, 0.29) is 17.7 Å². The molecule has 1 fully saturated rings. The third-order valence-corrected chi connectivity index (χ3v) is 9.93. The average molecular weight is 572 g/mol. The Balaban J connectivity index is 1.17. The summed E-state index contributed by atoms with van der Waals surface area (Å²) in [7, 11) is 0. The minimum absolute atomic E-state index is 0.148. The van der Waals surface area contributed by atoms with Crippen LogP contribution < -0.4 is 9.64 Å². The summed E-state index contributed by atoms with van der Waals surface area (Å²) in [6, 6.07) is 37.7. The Hall–Kier alpha value is -4.22. The zero-order valence-corrected chi connectivity index (χ0v) is 22.3. The van der Waals surface area contributed by atoms with Gasteiger partial charge in [-0.25, -0.2) is 4.90 Å². The smallest absolute Gasteiger partial charge is 0.239 e. The molecule has 4 aliphatic rings. The molecule has 0 radical (unpaired) electrons. The summed E-state index contributed by atoms with van der Waals surface area (Å²) < 4.78 is 5.45. The number of hydrogen-bond acceptors (Lipinski definition) is 3. The van der Waals surface area contributed by atoms with Crippen molar-refractivity contribution in [3.8, 4) is 11.5 Å². The monoisotopic (exact) mass is 571 g/mol. The third kappa shape index (κ3) is 2.99. The number of fused-ring (bicyclic) bond motifs is 1. The fourth-order valence-electron chi connectivity index (χ4n) is 7.01. The summed E-state index contributed by atoms with van der Waals surface area (Å²) in [5, 5.41) is 2.12. The molecule has 2 amide bonds. The average Bonchev–Trinajstić information content (AvgIpc) is 3.25. The van der Waals surface area contributed by atoms with Crippen LogP contribution in [0.25, 0.3) is 10.8 Å². The molecule has 39 heavy (non-hydrogen) atoms. The molecule has 1 heterocycles. The van der Waals surface area contributed by atoms with E-state index in [9.17, 15) is 9.59 Å². The number of carbonyl (C=O) groups excluding carboxylic acids is 2. The maximum absolute atomic E-state index is 14.1. The van der Waals surface area contributed by atoms with E-state index in [1.54, 1.807) is 12.1 Å². The molecule has 0 saturated carbocycles.